The molecule has 0 aliphatic heterocycles. The van der Waals surface area contributed by atoms with E-state index in [0.717, 1.165) is 11.4 Å². The average Bonchev–Trinajstić information content (AvgIpc) is 2.96. The Morgan fingerprint density at radius 1 is 1.25 bits per heavy atom. The van der Waals surface area contributed by atoms with Crippen molar-refractivity contribution in [2.75, 3.05) is 0 Å². The van der Waals surface area contributed by atoms with Crippen LogP contribution in [0.2, 0.25) is 0 Å². The SMILES string of the molecule is NCc1cn(-c2ccc3c(c2)CCC3)nn1. The molecule has 0 saturated carbocycles. The van der Waals surface area contributed by atoms with Gasteiger partial charge in [0.2, 0.25) is 0 Å². The molecule has 1 aromatic heterocycles. The lowest BCUT2D eigenvalue weighted by Crippen LogP contribution is -1.97. The molecule has 16 heavy (non-hydrogen) atoms. The Hall–Kier alpha value is -1.68. The Labute approximate surface area is 94.1 Å². The molecule has 0 unspecified atom stereocenters. The van der Waals surface area contributed by atoms with E-state index in [0.29, 0.717) is 6.54 Å². The molecule has 0 fully saturated rings. The van der Waals surface area contributed by atoms with Gasteiger partial charge in [-0.2, -0.15) is 0 Å². The first-order valence-electron chi connectivity index (χ1n) is 5.60. The van der Waals surface area contributed by atoms with Crippen LogP contribution in [0, 0.1) is 0 Å². The van der Waals surface area contributed by atoms with E-state index >= 15 is 0 Å². The van der Waals surface area contributed by atoms with Gasteiger partial charge in [0.1, 0.15) is 0 Å². The summed E-state index contributed by atoms with van der Waals surface area (Å²) in [4.78, 5) is 0. The highest BCUT2D eigenvalue weighted by Crippen LogP contribution is 2.23. The minimum atomic E-state index is 0.435. The largest absolute Gasteiger partial charge is 0.325 e. The lowest BCUT2D eigenvalue weighted by molar-refractivity contribution is 0.795. The van der Waals surface area contributed by atoms with Gasteiger partial charge >= 0.3 is 0 Å². The summed E-state index contributed by atoms with van der Waals surface area (Å²) in [5.41, 5.74) is 10.3. The first kappa shape index (κ1) is 9.54. The van der Waals surface area contributed by atoms with Crippen molar-refractivity contribution < 1.29 is 0 Å². The Balaban J connectivity index is 2.00. The predicted octanol–water partition coefficient (Wildman–Crippen LogP) is 1.21. The van der Waals surface area contributed by atoms with Crippen LogP contribution in [0.25, 0.3) is 5.69 Å². The van der Waals surface area contributed by atoms with Crippen LogP contribution < -0.4 is 5.73 Å². The third kappa shape index (κ3) is 1.51. The molecule has 0 spiro atoms. The van der Waals surface area contributed by atoms with Crippen LogP contribution in [0.15, 0.2) is 24.4 Å². The second-order valence-corrected chi connectivity index (χ2v) is 4.17. The Morgan fingerprint density at radius 2 is 2.12 bits per heavy atom. The van der Waals surface area contributed by atoms with Gasteiger partial charge in [0, 0.05) is 6.54 Å². The molecule has 82 valence electrons. The number of aryl methyl sites for hydroxylation is 2. The van der Waals surface area contributed by atoms with Crippen LogP contribution in [0.5, 0.6) is 0 Å². The topological polar surface area (TPSA) is 56.7 Å². The molecule has 4 nitrogen and oxygen atoms in total. The molecule has 0 saturated heterocycles. The van der Waals surface area contributed by atoms with Crippen molar-refractivity contribution in [3.8, 4) is 5.69 Å². The molecule has 4 heteroatoms. The van der Waals surface area contributed by atoms with E-state index in [9.17, 15) is 0 Å². The maximum Gasteiger partial charge on any atom is 0.0967 e. The normalized spacial score (nSPS) is 14.1. The Kier molecular flexibility index (Phi) is 2.22. The first-order chi connectivity index (χ1) is 7.86. The predicted molar refractivity (Wildman–Crippen MR) is 61.3 cm³/mol. The van der Waals surface area contributed by atoms with Gasteiger partial charge in [-0.05, 0) is 42.5 Å². The lowest BCUT2D eigenvalue weighted by atomic mass is 10.1. The maximum absolute atomic E-state index is 5.52. The summed E-state index contributed by atoms with van der Waals surface area (Å²) in [6.07, 6.45) is 5.55. The fraction of sp³-hybridized carbons (Fsp3) is 0.333. The summed E-state index contributed by atoms with van der Waals surface area (Å²) >= 11 is 0. The van der Waals surface area contributed by atoms with E-state index < -0.39 is 0 Å². The van der Waals surface area contributed by atoms with Crippen molar-refractivity contribution in [2.24, 2.45) is 5.73 Å². The molecule has 2 N–H and O–H groups in total. The van der Waals surface area contributed by atoms with Gasteiger partial charge in [0.15, 0.2) is 0 Å². The van der Waals surface area contributed by atoms with Crippen LogP contribution in [-0.2, 0) is 19.4 Å². The van der Waals surface area contributed by atoms with E-state index in [-0.39, 0.29) is 0 Å². The summed E-state index contributed by atoms with van der Waals surface area (Å²) < 4.78 is 1.79. The number of hydrogen-bond acceptors (Lipinski definition) is 3. The molecule has 0 radical (unpaired) electrons. The second-order valence-electron chi connectivity index (χ2n) is 4.17. The molecule has 1 heterocycles. The fourth-order valence-electron chi connectivity index (χ4n) is 2.22. The van der Waals surface area contributed by atoms with Crippen LogP contribution >= 0.6 is 0 Å². The zero-order chi connectivity index (χ0) is 11.0. The van der Waals surface area contributed by atoms with Crippen molar-refractivity contribution in [1.82, 2.24) is 15.0 Å². The highest BCUT2D eigenvalue weighted by Gasteiger charge is 2.11. The molecule has 3 rings (SSSR count). The van der Waals surface area contributed by atoms with Gasteiger partial charge in [-0.1, -0.05) is 11.3 Å². The van der Waals surface area contributed by atoms with E-state index in [1.54, 1.807) is 4.68 Å². The van der Waals surface area contributed by atoms with Gasteiger partial charge < -0.3 is 5.73 Å². The number of nitrogens with zero attached hydrogens (tertiary/aromatic N) is 3. The standard InChI is InChI=1S/C12H14N4/c13-7-11-8-16(15-14-11)12-5-4-9-2-1-3-10(9)6-12/h4-6,8H,1-3,7,13H2. The van der Waals surface area contributed by atoms with Crippen LogP contribution in [0.1, 0.15) is 23.2 Å². The summed E-state index contributed by atoms with van der Waals surface area (Å²) in [5.74, 6) is 0. The molecule has 2 aromatic rings. The molecular weight excluding hydrogens is 200 g/mol. The smallest absolute Gasteiger partial charge is 0.0967 e. The third-order valence-corrected chi connectivity index (χ3v) is 3.10. The van der Waals surface area contributed by atoms with Crippen molar-refractivity contribution in [2.45, 2.75) is 25.8 Å². The van der Waals surface area contributed by atoms with Crippen molar-refractivity contribution >= 4 is 0 Å². The molecule has 1 aliphatic rings. The van der Waals surface area contributed by atoms with Gasteiger partial charge in [-0.15, -0.1) is 5.10 Å². The molecule has 1 aliphatic carbocycles. The van der Waals surface area contributed by atoms with Gasteiger partial charge in [0.05, 0.1) is 17.6 Å². The monoisotopic (exact) mass is 214 g/mol. The van der Waals surface area contributed by atoms with E-state index in [2.05, 4.69) is 28.5 Å². The summed E-state index contributed by atoms with van der Waals surface area (Å²) in [6, 6.07) is 6.50. The fourth-order valence-corrected chi connectivity index (χ4v) is 2.22. The summed E-state index contributed by atoms with van der Waals surface area (Å²) in [7, 11) is 0. The van der Waals surface area contributed by atoms with E-state index in [4.69, 9.17) is 5.73 Å². The average molecular weight is 214 g/mol. The second kappa shape index (κ2) is 3.72. The van der Waals surface area contributed by atoms with E-state index in [1.807, 2.05) is 6.20 Å². The summed E-state index contributed by atoms with van der Waals surface area (Å²) in [6.45, 7) is 0.435. The molecule has 1 aromatic carbocycles. The number of hydrogen-bond donors (Lipinski definition) is 1. The zero-order valence-corrected chi connectivity index (χ0v) is 9.06. The van der Waals surface area contributed by atoms with Gasteiger partial charge in [-0.3, -0.25) is 0 Å². The highest BCUT2D eigenvalue weighted by atomic mass is 15.4. The third-order valence-electron chi connectivity index (χ3n) is 3.10. The van der Waals surface area contributed by atoms with Crippen molar-refractivity contribution in [3.63, 3.8) is 0 Å². The van der Waals surface area contributed by atoms with Crippen LogP contribution in [-0.4, -0.2) is 15.0 Å². The molecule has 0 atom stereocenters. The quantitative estimate of drug-likeness (QED) is 0.817. The Bertz CT molecular complexity index is 515. The van der Waals surface area contributed by atoms with Gasteiger partial charge in [-0.25, -0.2) is 4.68 Å². The van der Waals surface area contributed by atoms with Crippen molar-refractivity contribution in [1.29, 1.82) is 0 Å². The van der Waals surface area contributed by atoms with Crippen LogP contribution in [0.4, 0.5) is 0 Å². The van der Waals surface area contributed by atoms with Gasteiger partial charge in [0.25, 0.3) is 0 Å². The number of rotatable bonds is 2. The lowest BCUT2D eigenvalue weighted by Gasteiger charge is -2.03. The minimum Gasteiger partial charge on any atom is -0.325 e. The maximum atomic E-state index is 5.52. The molecular formula is C12H14N4. The van der Waals surface area contributed by atoms with Crippen LogP contribution in [0.3, 0.4) is 0 Å². The molecule has 0 amide bonds. The summed E-state index contributed by atoms with van der Waals surface area (Å²) in [5, 5.41) is 8.06. The molecule has 0 bridgehead atoms. The Morgan fingerprint density at radius 3 is 2.94 bits per heavy atom. The minimum absolute atomic E-state index is 0.435. The number of benzene rings is 1. The van der Waals surface area contributed by atoms with Crippen molar-refractivity contribution in [3.05, 3.63) is 41.2 Å². The number of nitrogens with two attached hydrogens (primary N) is 1. The zero-order valence-electron chi connectivity index (χ0n) is 9.06. The number of fused-ring (bicyclic) bond motifs is 1. The highest BCUT2D eigenvalue weighted by molar-refractivity contribution is 5.42. The number of aromatic nitrogens is 3. The van der Waals surface area contributed by atoms with E-state index in [1.165, 1.54) is 30.4 Å². The first-order valence-corrected chi connectivity index (χ1v) is 5.60.